The van der Waals surface area contributed by atoms with Crippen LogP contribution in [-0.4, -0.2) is 18.0 Å². The molecule has 1 atom stereocenters. The first-order valence-corrected chi connectivity index (χ1v) is 9.69. The second-order valence-corrected chi connectivity index (χ2v) is 7.58. The van der Waals surface area contributed by atoms with Crippen LogP contribution in [0.5, 0.6) is 0 Å². The van der Waals surface area contributed by atoms with E-state index < -0.39 is 0 Å². The molecule has 1 aromatic carbocycles. The van der Waals surface area contributed by atoms with Gasteiger partial charge in [-0.25, -0.2) is 0 Å². The van der Waals surface area contributed by atoms with E-state index in [9.17, 15) is 0 Å². The molecule has 134 valence electrons. The molecular weight excluding hydrogens is 304 g/mol. The quantitative estimate of drug-likeness (QED) is 0.650. The predicted molar refractivity (Wildman–Crippen MR) is 108 cm³/mol. The summed E-state index contributed by atoms with van der Waals surface area (Å²) in [4.78, 5) is 2.41. The molecule has 0 spiro atoms. The monoisotopic (exact) mass is 336 g/mol. The lowest BCUT2D eigenvalue weighted by molar-refractivity contribution is 0.312. The molecular formula is C23H32N2. The molecule has 1 aliphatic heterocycles. The Morgan fingerprint density at radius 2 is 2.12 bits per heavy atom. The minimum Gasteiger partial charge on any atom is -0.390 e. The lowest BCUT2D eigenvalue weighted by atomic mass is 9.95. The molecule has 1 fully saturated rings. The zero-order valence-electron chi connectivity index (χ0n) is 15.7. The van der Waals surface area contributed by atoms with E-state index in [0.717, 1.165) is 36.7 Å². The van der Waals surface area contributed by atoms with Gasteiger partial charge >= 0.3 is 0 Å². The first kappa shape index (κ1) is 17.8. The number of fused-ring (bicyclic) bond motifs is 1. The molecule has 1 aliphatic carbocycles. The van der Waals surface area contributed by atoms with Gasteiger partial charge in [0.2, 0.25) is 0 Å². The van der Waals surface area contributed by atoms with Gasteiger partial charge in [-0.1, -0.05) is 63.1 Å². The van der Waals surface area contributed by atoms with Gasteiger partial charge in [0.15, 0.2) is 0 Å². The van der Waals surface area contributed by atoms with Gasteiger partial charge in [-0.3, -0.25) is 0 Å². The van der Waals surface area contributed by atoms with Crippen molar-refractivity contribution in [3.05, 3.63) is 66.4 Å². The zero-order chi connectivity index (χ0) is 17.8. The first-order valence-electron chi connectivity index (χ1n) is 9.69. The third kappa shape index (κ3) is 3.84. The topological polar surface area (TPSA) is 15.3 Å². The second-order valence-electron chi connectivity index (χ2n) is 7.58. The fourth-order valence-electron chi connectivity index (χ4n) is 4.43. The Bertz CT molecular complexity index is 652. The van der Waals surface area contributed by atoms with Crippen molar-refractivity contribution in [1.29, 1.82) is 0 Å². The summed E-state index contributed by atoms with van der Waals surface area (Å²) < 4.78 is 0. The average molecular weight is 337 g/mol. The molecule has 0 amide bonds. The van der Waals surface area contributed by atoms with Crippen molar-refractivity contribution in [2.45, 2.75) is 57.5 Å². The number of hydrogen-bond donors (Lipinski definition) is 1. The molecule has 2 nitrogen and oxygen atoms in total. The van der Waals surface area contributed by atoms with Crippen LogP contribution in [0.25, 0.3) is 5.70 Å². The van der Waals surface area contributed by atoms with Gasteiger partial charge in [-0.05, 0) is 36.3 Å². The number of hydrogen-bond acceptors (Lipinski definition) is 2. The Hall–Kier alpha value is -1.96. The van der Waals surface area contributed by atoms with E-state index in [4.69, 9.17) is 0 Å². The van der Waals surface area contributed by atoms with Crippen molar-refractivity contribution in [3.8, 4) is 0 Å². The molecule has 25 heavy (non-hydrogen) atoms. The van der Waals surface area contributed by atoms with Gasteiger partial charge < -0.3 is 10.2 Å². The third-order valence-corrected chi connectivity index (χ3v) is 5.91. The zero-order valence-corrected chi connectivity index (χ0v) is 15.7. The minimum atomic E-state index is 0.265. The molecule has 3 rings (SSSR count). The van der Waals surface area contributed by atoms with Gasteiger partial charge in [0, 0.05) is 30.5 Å². The Morgan fingerprint density at radius 1 is 1.36 bits per heavy atom. The van der Waals surface area contributed by atoms with Crippen LogP contribution in [-0.2, 0) is 13.0 Å². The Balaban J connectivity index is 1.76. The summed E-state index contributed by atoms with van der Waals surface area (Å²) in [5, 5.41) is 3.25. The molecule has 2 aliphatic rings. The SMILES string of the molecule is C=CCCC(C(=C)NC)N1Cc2cc(CC3CCCC3)ccc2C1=C. The van der Waals surface area contributed by atoms with Crippen LogP contribution in [0.2, 0.25) is 0 Å². The highest BCUT2D eigenvalue weighted by Gasteiger charge is 2.29. The number of likely N-dealkylation sites (N-methyl/N-ethyl adjacent to an activating group) is 1. The van der Waals surface area contributed by atoms with Crippen LogP contribution >= 0.6 is 0 Å². The molecule has 1 aromatic rings. The van der Waals surface area contributed by atoms with Crippen LogP contribution in [0.4, 0.5) is 0 Å². The maximum Gasteiger partial charge on any atom is 0.0688 e. The summed E-state index contributed by atoms with van der Waals surface area (Å²) in [6.45, 7) is 13.4. The fraction of sp³-hybridized carbons (Fsp3) is 0.478. The van der Waals surface area contributed by atoms with Crippen molar-refractivity contribution < 1.29 is 0 Å². The summed E-state index contributed by atoms with van der Waals surface area (Å²) in [7, 11) is 1.95. The smallest absolute Gasteiger partial charge is 0.0688 e. The van der Waals surface area contributed by atoms with Crippen molar-refractivity contribution in [2.24, 2.45) is 5.92 Å². The van der Waals surface area contributed by atoms with Gasteiger partial charge in [-0.15, -0.1) is 6.58 Å². The molecule has 0 saturated heterocycles. The number of benzene rings is 1. The first-order chi connectivity index (χ1) is 12.1. The summed E-state index contributed by atoms with van der Waals surface area (Å²) in [5.74, 6) is 0.892. The van der Waals surface area contributed by atoms with Gasteiger partial charge in [0.25, 0.3) is 0 Å². The van der Waals surface area contributed by atoms with Crippen molar-refractivity contribution in [1.82, 2.24) is 10.2 Å². The van der Waals surface area contributed by atoms with Crippen molar-refractivity contribution in [2.75, 3.05) is 7.05 Å². The molecule has 1 unspecified atom stereocenters. The van der Waals surface area contributed by atoms with Crippen LogP contribution in [0.15, 0.2) is 49.7 Å². The molecule has 1 saturated carbocycles. The van der Waals surface area contributed by atoms with Gasteiger partial charge in [-0.2, -0.15) is 0 Å². The normalized spacial score (nSPS) is 18.3. The largest absolute Gasteiger partial charge is 0.390 e. The summed E-state index contributed by atoms with van der Waals surface area (Å²) >= 11 is 0. The van der Waals surface area contributed by atoms with E-state index in [1.807, 2.05) is 13.1 Å². The second kappa shape index (κ2) is 7.95. The summed E-state index contributed by atoms with van der Waals surface area (Å²) in [5.41, 5.74) is 6.42. The number of allylic oxidation sites excluding steroid dienone is 1. The van der Waals surface area contributed by atoms with Crippen LogP contribution < -0.4 is 5.32 Å². The maximum absolute atomic E-state index is 4.39. The number of nitrogens with one attached hydrogen (secondary N) is 1. The molecule has 2 heteroatoms. The van der Waals surface area contributed by atoms with E-state index >= 15 is 0 Å². The van der Waals surface area contributed by atoms with E-state index in [-0.39, 0.29) is 6.04 Å². The van der Waals surface area contributed by atoms with E-state index in [1.165, 1.54) is 48.8 Å². The number of rotatable bonds is 8. The highest BCUT2D eigenvalue weighted by atomic mass is 15.2. The van der Waals surface area contributed by atoms with E-state index in [2.05, 4.69) is 48.2 Å². The molecule has 0 bridgehead atoms. The van der Waals surface area contributed by atoms with E-state index in [1.54, 1.807) is 0 Å². The number of nitrogens with zero attached hydrogens (tertiary/aromatic N) is 1. The Morgan fingerprint density at radius 3 is 2.80 bits per heavy atom. The Kier molecular flexibility index (Phi) is 5.67. The van der Waals surface area contributed by atoms with Crippen LogP contribution in [0.1, 0.15) is 55.2 Å². The lowest BCUT2D eigenvalue weighted by Gasteiger charge is -2.32. The standard InChI is InChI=1S/C23H32N2/c1-5-6-11-23(17(2)24-4)25-16-21-15-20(12-13-22(21)18(25)3)14-19-9-7-8-10-19/h5,12-13,15,19,23-24H,1-3,6-11,14,16H2,4H3. The lowest BCUT2D eigenvalue weighted by Crippen LogP contribution is -2.35. The Labute approximate surface area is 153 Å². The maximum atomic E-state index is 4.39. The highest BCUT2D eigenvalue weighted by Crippen LogP contribution is 2.37. The molecule has 1 N–H and O–H groups in total. The average Bonchev–Trinajstić information content (AvgIpc) is 3.23. The van der Waals surface area contributed by atoms with Crippen LogP contribution in [0.3, 0.4) is 0 Å². The minimum absolute atomic E-state index is 0.265. The molecule has 0 aromatic heterocycles. The van der Waals surface area contributed by atoms with Gasteiger partial charge in [0.05, 0.1) is 6.04 Å². The highest BCUT2D eigenvalue weighted by molar-refractivity contribution is 5.70. The van der Waals surface area contributed by atoms with Crippen molar-refractivity contribution >= 4 is 5.70 Å². The third-order valence-electron chi connectivity index (χ3n) is 5.91. The van der Waals surface area contributed by atoms with Gasteiger partial charge in [0.1, 0.15) is 0 Å². The summed E-state index contributed by atoms with van der Waals surface area (Å²) in [6.07, 6.45) is 10.9. The van der Waals surface area contributed by atoms with Crippen LogP contribution in [0, 0.1) is 5.92 Å². The van der Waals surface area contributed by atoms with E-state index in [0.29, 0.717) is 0 Å². The van der Waals surface area contributed by atoms with Crippen molar-refractivity contribution in [3.63, 3.8) is 0 Å². The molecule has 0 radical (unpaired) electrons. The molecule has 1 heterocycles. The fourth-order valence-corrected chi connectivity index (χ4v) is 4.43. The predicted octanol–water partition coefficient (Wildman–Crippen LogP) is 5.27. The summed E-state index contributed by atoms with van der Waals surface area (Å²) in [6, 6.07) is 7.29.